The Morgan fingerprint density at radius 2 is 2.25 bits per heavy atom. The zero-order valence-electron chi connectivity index (χ0n) is 4.92. The van der Waals surface area contributed by atoms with Crippen molar-refractivity contribution in [2.24, 2.45) is 15.3 Å². The topological polar surface area (TPSA) is 60.9 Å². The van der Waals surface area contributed by atoms with Crippen LogP contribution in [0.4, 0.5) is 0 Å². The van der Waals surface area contributed by atoms with Gasteiger partial charge in [0.05, 0.1) is 0 Å². The first-order valence-electron chi connectivity index (χ1n) is 2.21. The molecule has 4 heteroatoms. The maximum absolute atomic E-state index is 6.41. The van der Waals surface area contributed by atoms with Crippen molar-refractivity contribution in [1.82, 2.24) is 0 Å². The highest BCUT2D eigenvalue weighted by atomic mass is 15.2. The third kappa shape index (κ3) is 3.14. The zero-order chi connectivity index (χ0) is 6.41. The molecule has 0 aromatic carbocycles. The Labute approximate surface area is 47.8 Å². The Morgan fingerprint density at radius 3 is 2.62 bits per heavy atom. The van der Waals surface area contributed by atoms with E-state index in [1.54, 1.807) is 13.8 Å². The minimum absolute atomic E-state index is 0.364. The van der Waals surface area contributed by atoms with Crippen molar-refractivity contribution in [1.29, 1.82) is 5.53 Å². The highest BCUT2D eigenvalue weighted by Crippen LogP contribution is 1.77. The Morgan fingerprint density at radius 1 is 1.62 bits per heavy atom. The number of hydrogen-bond acceptors (Lipinski definition) is 3. The van der Waals surface area contributed by atoms with E-state index < -0.39 is 0 Å². The summed E-state index contributed by atoms with van der Waals surface area (Å²) < 4.78 is 0. The number of nitrogens with zero attached hydrogens (tertiary/aromatic N) is 3. The Bertz CT molecular complexity index is 124. The third-order valence-electron chi connectivity index (χ3n) is 0.480. The standard InChI is InChI=1S/C4H8N4/c1-3-6-8-4(2)7-5/h3,5H,1-2H3/b6-3-,7-5?,8-4-. The van der Waals surface area contributed by atoms with Crippen LogP contribution in [0.1, 0.15) is 13.8 Å². The molecule has 0 aliphatic carbocycles. The van der Waals surface area contributed by atoms with Gasteiger partial charge in [0.15, 0.2) is 5.84 Å². The van der Waals surface area contributed by atoms with E-state index in [9.17, 15) is 0 Å². The molecule has 4 nitrogen and oxygen atoms in total. The average molecular weight is 112 g/mol. The van der Waals surface area contributed by atoms with Gasteiger partial charge in [-0.25, -0.2) is 5.53 Å². The predicted octanol–water partition coefficient (Wildman–Crippen LogP) is 1.44. The second-order valence-electron chi connectivity index (χ2n) is 1.13. The summed E-state index contributed by atoms with van der Waals surface area (Å²) in [4.78, 5) is 0. The molecule has 44 valence electrons. The summed E-state index contributed by atoms with van der Waals surface area (Å²) >= 11 is 0. The van der Waals surface area contributed by atoms with Crippen molar-refractivity contribution < 1.29 is 0 Å². The summed E-state index contributed by atoms with van der Waals surface area (Å²) in [6.45, 7) is 3.36. The quantitative estimate of drug-likeness (QED) is 0.231. The van der Waals surface area contributed by atoms with Crippen molar-refractivity contribution in [3.63, 3.8) is 0 Å². The predicted molar refractivity (Wildman–Crippen MR) is 32.4 cm³/mol. The van der Waals surface area contributed by atoms with Gasteiger partial charge in [0.25, 0.3) is 0 Å². The Hall–Kier alpha value is -1.06. The lowest BCUT2D eigenvalue weighted by Gasteiger charge is -1.77. The molecule has 0 saturated carbocycles. The van der Waals surface area contributed by atoms with Crippen molar-refractivity contribution >= 4 is 12.1 Å². The lowest BCUT2D eigenvalue weighted by Crippen LogP contribution is -1.78. The molecule has 0 saturated heterocycles. The van der Waals surface area contributed by atoms with Gasteiger partial charge < -0.3 is 0 Å². The van der Waals surface area contributed by atoms with Gasteiger partial charge >= 0.3 is 0 Å². The van der Waals surface area contributed by atoms with E-state index >= 15 is 0 Å². The van der Waals surface area contributed by atoms with Crippen molar-refractivity contribution in [2.45, 2.75) is 13.8 Å². The number of hydrogen-bond donors (Lipinski definition) is 1. The molecule has 0 rings (SSSR count). The van der Waals surface area contributed by atoms with Gasteiger partial charge in [-0.1, -0.05) is 0 Å². The van der Waals surface area contributed by atoms with Gasteiger partial charge in [0.1, 0.15) is 0 Å². The summed E-state index contributed by atoms with van der Waals surface area (Å²) in [5.74, 6) is 0.364. The van der Waals surface area contributed by atoms with Crippen LogP contribution in [0, 0.1) is 5.53 Å². The van der Waals surface area contributed by atoms with Crippen LogP contribution in [0.5, 0.6) is 0 Å². The van der Waals surface area contributed by atoms with E-state index in [-0.39, 0.29) is 0 Å². The van der Waals surface area contributed by atoms with E-state index in [0.717, 1.165) is 0 Å². The smallest absolute Gasteiger partial charge is 0.169 e. The highest BCUT2D eigenvalue weighted by molar-refractivity contribution is 5.79. The Kier molecular flexibility index (Phi) is 3.56. The largest absolute Gasteiger partial charge is 0.203 e. The lowest BCUT2D eigenvalue weighted by atomic mass is 10.7. The fourth-order valence-electron chi connectivity index (χ4n) is 0.164. The van der Waals surface area contributed by atoms with Gasteiger partial charge in [-0.05, 0) is 13.8 Å². The van der Waals surface area contributed by atoms with Crippen LogP contribution in [-0.2, 0) is 0 Å². The normalized spacial score (nSPS) is 12.5. The molecule has 0 atom stereocenters. The summed E-state index contributed by atoms with van der Waals surface area (Å²) in [7, 11) is 0. The lowest BCUT2D eigenvalue weighted by molar-refractivity contribution is 1.13. The fraction of sp³-hybridized carbons (Fsp3) is 0.500. The van der Waals surface area contributed by atoms with E-state index in [1.165, 1.54) is 6.21 Å². The van der Waals surface area contributed by atoms with Gasteiger partial charge in [-0.15, -0.1) is 10.2 Å². The molecule has 1 N–H and O–H groups in total. The number of rotatable bonds is 1. The third-order valence-corrected chi connectivity index (χ3v) is 0.480. The van der Waals surface area contributed by atoms with Crippen molar-refractivity contribution in [3.05, 3.63) is 0 Å². The van der Waals surface area contributed by atoms with Crippen molar-refractivity contribution in [2.75, 3.05) is 0 Å². The van der Waals surface area contributed by atoms with Crippen LogP contribution in [0.2, 0.25) is 0 Å². The monoisotopic (exact) mass is 112 g/mol. The average Bonchev–Trinajstić information content (AvgIpc) is 1.83. The maximum Gasteiger partial charge on any atom is 0.169 e. The minimum atomic E-state index is 0.364. The van der Waals surface area contributed by atoms with Crippen LogP contribution in [0.3, 0.4) is 0 Å². The second kappa shape index (κ2) is 4.11. The first-order valence-corrected chi connectivity index (χ1v) is 2.21. The van der Waals surface area contributed by atoms with Gasteiger partial charge in [0, 0.05) is 6.21 Å². The van der Waals surface area contributed by atoms with Crippen molar-refractivity contribution in [3.8, 4) is 0 Å². The highest BCUT2D eigenvalue weighted by Gasteiger charge is 1.76. The molecule has 0 aromatic heterocycles. The van der Waals surface area contributed by atoms with Crippen LogP contribution in [-0.4, -0.2) is 12.1 Å². The van der Waals surface area contributed by atoms with Crippen LogP contribution in [0.25, 0.3) is 0 Å². The zero-order valence-corrected chi connectivity index (χ0v) is 4.92. The molecule has 0 unspecified atom stereocenters. The molecule has 0 amide bonds. The van der Waals surface area contributed by atoms with E-state index in [0.29, 0.717) is 5.84 Å². The molecule has 0 aliphatic heterocycles. The SMILES string of the molecule is C/C=N\N=C(\C)N=N. The van der Waals surface area contributed by atoms with E-state index in [4.69, 9.17) is 5.53 Å². The molecule has 0 aromatic rings. The molecule has 0 aliphatic rings. The fourth-order valence-corrected chi connectivity index (χ4v) is 0.164. The Balaban J connectivity index is 3.74. The van der Waals surface area contributed by atoms with Gasteiger partial charge in [-0.3, -0.25) is 0 Å². The first kappa shape index (κ1) is 6.94. The summed E-state index contributed by atoms with van der Waals surface area (Å²) in [6.07, 6.45) is 1.54. The molecule has 0 spiro atoms. The molecular formula is C4H8N4. The summed E-state index contributed by atoms with van der Waals surface area (Å²) in [5, 5.41) is 10.00. The van der Waals surface area contributed by atoms with Crippen LogP contribution < -0.4 is 0 Å². The van der Waals surface area contributed by atoms with Crippen LogP contribution >= 0.6 is 0 Å². The first-order chi connectivity index (χ1) is 3.81. The van der Waals surface area contributed by atoms with E-state index in [1.807, 2.05) is 0 Å². The molecule has 0 radical (unpaired) electrons. The maximum atomic E-state index is 6.41. The van der Waals surface area contributed by atoms with Gasteiger partial charge in [-0.2, -0.15) is 5.10 Å². The second-order valence-corrected chi connectivity index (χ2v) is 1.13. The molecular weight excluding hydrogens is 104 g/mol. The molecule has 0 heterocycles. The van der Waals surface area contributed by atoms with Crippen LogP contribution in [0.15, 0.2) is 15.3 Å². The summed E-state index contributed by atoms with van der Waals surface area (Å²) in [5.41, 5.74) is 6.41. The van der Waals surface area contributed by atoms with E-state index in [2.05, 4.69) is 15.3 Å². The number of amidine groups is 1. The molecule has 0 fully saturated rings. The molecule has 0 bridgehead atoms. The number of nitrogens with one attached hydrogen (secondary N) is 1. The van der Waals surface area contributed by atoms with Gasteiger partial charge in [0.2, 0.25) is 0 Å². The minimum Gasteiger partial charge on any atom is -0.203 e. The molecule has 8 heavy (non-hydrogen) atoms. The summed E-state index contributed by atoms with van der Waals surface area (Å²) in [6, 6.07) is 0.